The zero-order chi connectivity index (χ0) is 24.1. The van der Waals surface area contributed by atoms with Crippen molar-refractivity contribution in [2.45, 2.75) is 13.1 Å². The maximum absolute atomic E-state index is 13.0. The fourth-order valence-electron chi connectivity index (χ4n) is 3.26. The number of ether oxygens (including phenoxy) is 2. The Morgan fingerprint density at radius 1 is 1.09 bits per heavy atom. The van der Waals surface area contributed by atoms with Crippen LogP contribution in [0.4, 0.5) is 0 Å². The van der Waals surface area contributed by atoms with Crippen molar-refractivity contribution < 1.29 is 18.8 Å². The van der Waals surface area contributed by atoms with Crippen LogP contribution in [0.2, 0.25) is 5.02 Å². The lowest BCUT2D eigenvalue weighted by Gasteiger charge is -2.08. The third-order valence-electron chi connectivity index (χ3n) is 5.04. The van der Waals surface area contributed by atoms with Gasteiger partial charge < -0.3 is 23.9 Å². The summed E-state index contributed by atoms with van der Waals surface area (Å²) in [6.45, 7) is 0.166. The van der Waals surface area contributed by atoms with Crippen molar-refractivity contribution in [1.29, 1.82) is 0 Å². The highest BCUT2D eigenvalue weighted by Crippen LogP contribution is 2.31. The molecule has 0 spiro atoms. The number of nitrogens with zero attached hydrogens (tertiary/aromatic N) is 3. The molecule has 0 aliphatic carbocycles. The SMILES string of the molecule is COc1ccc(-c2noc(-c3cccn(CC(=O)NCc4ccc(Cl)cc4)c3=O)n2)cc1OC. The Kier molecular flexibility index (Phi) is 6.93. The summed E-state index contributed by atoms with van der Waals surface area (Å²) in [7, 11) is 3.07. The molecule has 0 unspecified atom stereocenters. The average Bonchev–Trinajstić information content (AvgIpc) is 3.34. The van der Waals surface area contributed by atoms with E-state index in [-0.39, 0.29) is 29.7 Å². The molecule has 4 rings (SSSR count). The summed E-state index contributed by atoms with van der Waals surface area (Å²) >= 11 is 5.87. The van der Waals surface area contributed by atoms with Crippen LogP contribution in [0.3, 0.4) is 0 Å². The number of hydrogen-bond acceptors (Lipinski definition) is 7. The normalized spacial score (nSPS) is 10.7. The first-order valence-electron chi connectivity index (χ1n) is 10.3. The molecule has 0 aliphatic heterocycles. The van der Waals surface area contributed by atoms with Gasteiger partial charge in [0.15, 0.2) is 11.5 Å². The molecule has 10 heteroatoms. The minimum atomic E-state index is -0.424. The van der Waals surface area contributed by atoms with E-state index in [0.29, 0.717) is 28.6 Å². The van der Waals surface area contributed by atoms with Crippen molar-refractivity contribution >= 4 is 17.5 Å². The Morgan fingerprint density at radius 3 is 2.59 bits per heavy atom. The number of pyridine rings is 1. The highest BCUT2D eigenvalue weighted by molar-refractivity contribution is 6.30. The third-order valence-corrected chi connectivity index (χ3v) is 5.29. The molecule has 174 valence electrons. The molecule has 2 aromatic carbocycles. The van der Waals surface area contributed by atoms with Crippen LogP contribution in [-0.4, -0.2) is 34.8 Å². The Labute approximate surface area is 199 Å². The Balaban J connectivity index is 1.50. The summed E-state index contributed by atoms with van der Waals surface area (Å²) in [6, 6.07) is 15.5. The van der Waals surface area contributed by atoms with Crippen molar-refractivity contribution in [3.05, 3.63) is 81.7 Å². The lowest BCUT2D eigenvalue weighted by Crippen LogP contribution is -2.32. The number of nitrogens with one attached hydrogen (secondary N) is 1. The summed E-state index contributed by atoms with van der Waals surface area (Å²) in [5.74, 6) is 1.09. The van der Waals surface area contributed by atoms with E-state index in [4.69, 9.17) is 25.6 Å². The molecule has 0 aliphatic rings. The summed E-state index contributed by atoms with van der Waals surface area (Å²) < 4.78 is 17.2. The van der Waals surface area contributed by atoms with E-state index in [1.54, 1.807) is 49.6 Å². The fraction of sp³-hybridized carbons (Fsp3) is 0.167. The van der Waals surface area contributed by atoms with Gasteiger partial charge in [-0.2, -0.15) is 4.98 Å². The molecule has 0 bridgehead atoms. The third kappa shape index (κ3) is 5.10. The Hall–Kier alpha value is -4.11. The van der Waals surface area contributed by atoms with Crippen molar-refractivity contribution in [3.63, 3.8) is 0 Å². The van der Waals surface area contributed by atoms with E-state index in [2.05, 4.69) is 15.5 Å². The first-order valence-corrected chi connectivity index (χ1v) is 10.6. The summed E-state index contributed by atoms with van der Waals surface area (Å²) in [6.07, 6.45) is 1.53. The topological polar surface area (TPSA) is 108 Å². The van der Waals surface area contributed by atoms with E-state index in [1.165, 1.54) is 17.9 Å². The van der Waals surface area contributed by atoms with Gasteiger partial charge in [0.2, 0.25) is 11.7 Å². The zero-order valence-electron chi connectivity index (χ0n) is 18.4. The van der Waals surface area contributed by atoms with Crippen LogP contribution in [0.1, 0.15) is 5.56 Å². The molecule has 1 N–H and O–H groups in total. The molecule has 1 amide bonds. The number of carbonyl (C=O) groups is 1. The number of amides is 1. The molecular formula is C24H21ClN4O5. The predicted molar refractivity (Wildman–Crippen MR) is 126 cm³/mol. The maximum Gasteiger partial charge on any atom is 0.263 e. The minimum absolute atomic E-state index is 0.0470. The summed E-state index contributed by atoms with van der Waals surface area (Å²) in [5.41, 5.74) is 1.29. The van der Waals surface area contributed by atoms with Gasteiger partial charge in [-0.1, -0.05) is 28.9 Å². The molecule has 34 heavy (non-hydrogen) atoms. The summed E-state index contributed by atoms with van der Waals surface area (Å²) in [4.78, 5) is 29.7. The van der Waals surface area contributed by atoms with E-state index >= 15 is 0 Å². The van der Waals surface area contributed by atoms with E-state index in [1.807, 2.05) is 12.1 Å². The van der Waals surface area contributed by atoms with E-state index in [9.17, 15) is 9.59 Å². The lowest BCUT2D eigenvalue weighted by molar-refractivity contribution is -0.121. The molecule has 0 atom stereocenters. The molecule has 0 fully saturated rings. The van der Waals surface area contributed by atoms with Crippen LogP contribution in [0, 0.1) is 0 Å². The van der Waals surface area contributed by atoms with Crippen molar-refractivity contribution in [2.24, 2.45) is 0 Å². The minimum Gasteiger partial charge on any atom is -0.493 e. The fourth-order valence-corrected chi connectivity index (χ4v) is 3.39. The molecule has 2 aromatic heterocycles. The number of rotatable bonds is 8. The van der Waals surface area contributed by atoms with Gasteiger partial charge in [0.1, 0.15) is 12.1 Å². The monoisotopic (exact) mass is 480 g/mol. The quantitative estimate of drug-likeness (QED) is 0.410. The number of hydrogen-bond donors (Lipinski definition) is 1. The van der Waals surface area contributed by atoms with Gasteiger partial charge in [-0.25, -0.2) is 0 Å². The van der Waals surface area contributed by atoms with Crippen LogP contribution in [0.25, 0.3) is 22.8 Å². The first kappa shape index (κ1) is 23.1. The van der Waals surface area contributed by atoms with Gasteiger partial charge in [-0.3, -0.25) is 9.59 Å². The number of methoxy groups -OCH3 is 2. The summed E-state index contributed by atoms with van der Waals surface area (Å²) in [5, 5.41) is 7.38. The average molecular weight is 481 g/mol. The first-order chi connectivity index (χ1) is 16.5. The van der Waals surface area contributed by atoms with Gasteiger partial charge >= 0.3 is 0 Å². The van der Waals surface area contributed by atoms with Crippen molar-refractivity contribution in [3.8, 4) is 34.3 Å². The van der Waals surface area contributed by atoms with Crippen LogP contribution in [0.5, 0.6) is 11.5 Å². The van der Waals surface area contributed by atoms with Crippen LogP contribution in [-0.2, 0) is 17.9 Å². The highest BCUT2D eigenvalue weighted by Gasteiger charge is 2.17. The van der Waals surface area contributed by atoms with Crippen LogP contribution >= 0.6 is 11.6 Å². The second-order valence-electron chi connectivity index (χ2n) is 7.25. The number of benzene rings is 2. The molecule has 4 aromatic rings. The van der Waals surface area contributed by atoms with Crippen LogP contribution < -0.4 is 20.3 Å². The number of halogens is 1. The highest BCUT2D eigenvalue weighted by atomic mass is 35.5. The standard InChI is InChI=1S/C24H21ClN4O5/c1-32-19-10-7-16(12-20(19)33-2)22-27-23(34-28-22)18-4-3-11-29(24(18)31)14-21(30)26-13-15-5-8-17(25)9-6-15/h3-12H,13-14H2,1-2H3,(H,26,30). The second kappa shape index (κ2) is 10.2. The Bertz CT molecular complexity index is 1360. The van der Waals surface area contributed by atoms with Crippen molar-refractivity contribution in [2.75, 3.05) is 14.2 Å². The van der Waals surface area contributed by atoms with Gasteiger partial charge in [-0.05, 0) is 48.0 Å². The van der Waals surface area contributed by atoms with E-state index in [0.717, 1.165) is 5.56 Å². The molecule has 2 heterocycles. The largest absolute Gasteiger partial charge is 0.493 e. The van der Waals surface area contributed by atoms with Crippen LogP contribution in [0.15, 0.2) is 70.1 Å². The Morgan fingerprint density at radius 2 is 1.85 bits per heavy atom. The van der Waals surface area contributed by atoms with Crippen molar-refractivity contribution in [1.82, 2.24) is 20.0 Å². The molecule has 0 saturated heterocycles. The molecule has 0 saturated carbocycles. The second-order valence-corrected chi connectivity index (χ2v) is 7.69. The number of aromatic nitrogens is 3. The molecule has 0 radical (unpaired) electrons. The predicted octanol–water partition coefficient (Wildman–Crippen LogP) is 3.55. The molecule has 9 nitrogen and oxygen atoms in total. The smallest absolute Gasteiger partial charge is 0.263 e. The van der Waals surface area contributed by atoms with Gasteiger partial charge in [0.25, 0.3) is 11.4 Å². The maximum atomic E-state index is 13.0. The van der Waals surface area contributed by atoms with Gasteiger partial charge in [0.05, 0.1) is 14.2 Å². The lowest BCUT2D eigenvalue weighted by atomic mass is 10.2. The zero-order valence-corrected chi connectivity index (χ0v) is 19.2. The van der Waals surface area contributed by atoms with Gasteiger partial charge in [-0.15, -0.1) is 0 Å². The molecular weight excluding hydrogens is 460 g/mol. The van der Waals surface area contributed by atoms with E-state index < -0.39 is 5.56 Å². The number of carbonyl (C=O) groups excluding carboxylic acids is 1. The van der Waals surface area contributed by atoms with Gasteiger partial charge in [0, 0.05) is 23.3 Å².